The van der Waals surface area contributed by atoms with Crippen LogP contribution in [0.1, 0.15) is 40.0 Å². The lowest BCUT2D eigenvalue weighted by atomic mass is 10.0. The highest BCUT2D eigenvalue weighted by molar-refractivity contribution is 14.0. The van der Waals surface area contributed by atoms with Crippen LogP contribution in [0.25, 0.3) is 0 Å². The molecule has 122 valence electrons. The lowest BCUT2D eigenvalue weighted by molar-refractivity contribution is 0.491. The Bertz CT molecular complexity index is 370. The van der Waals surface area contributed by atoms with Gasteiger partial charge in [-0.25, -0.2) is 8.42 Å². The van der Waals surface area contributed by atoms with Gasteiger partial charge in [0.15, 0.2) is 5.96 Å². The van der Waals surface area contributed by atoms with Crippen molar-refractivity contribution in [1.82, 2.24) is 10.6 Å². The molecule has 0 heterocycles. The van der Waals surface area contributed by atoms with E-state index in [0.717, 1.165) is 12.3 Å². The molecule has 0 fully saturated rings. The first-order chi connectivity index (χ1) is 8.74. The Kier molecular flexibility index (Phi) is 12.9. The normalized spacial score (nSPS) is 13.8. The largest absolute Gasteiger partial charge is 0.355 e. The van der Waals surface area contributed by atoms with Gasteiger partial charge in [0, 0.05) is 25.9 Å². The molecule has 1 atom stereocenters. The Balaban J connectivity index is 0. The molecule has 0 aromatic rings. The monoisotopic (exact) mass is 419 g/mol. The number of hydrogen-bond acceptors (Lipinski definition) is 3. The van der Waals surface area contributed by atoms with Gasteiger partial charge in [0.2, 0.25) is 0 Å². The van der Waals surface area contributed by atoms with Crippen molar-refractivity contribution in [2.24, 2.45) is 10.9 Å². The minimum atomic E-state index is -2.93. The van der Waals surface area contributed by atoms with E-state index in [1.807, 2.05) is 0 Å². The zero-order chi connectivity index (χ0) is 14.9. The topological polar surface area (TPSA) is 70.6 Å². The quantitative estimate of drug-likeness (QED) is 0.359. The van der Waals surface area contributed by atoms with E-state index < -0.39 is 9.84 Å². The summed E-state index contributed by atoms with van der Waals surface area (Å²) in [5.41, 5.74) is 0. The van der Waals surface area contributed by atoms with Crippen molar-refractivity contribution in [3.8, 4) is 0 Å². The predicted molar refractivity (Wildman–Crippen MR) is 97.8 cm³/mol. The maximum Gasteiger partial charge on any atom is 0.191 e. The van der Waals surface area contributed by atoms with Crippen LogP contribution in [-0.4, -0.2) is 46.0 Å². The molecule has 2 N–H and O–H groups in total. The summed E-state index contributed by atoms with van der Waals surface area (Å²) in [5.74, 6) is 1.52. The number of nitrogens with one attached hydrogen (secondary N) is 2. The first kappa shape index (κ1) is 22.2. The van der Waals surface area contributed by atoms with Gasteiger partial charge in [0.25, 0.3) is 0 Å². The third kappa shape index (κ3) is 14.4. The van der Waals surface area contributed by atoms with Gasteiger partial charge in [-0.05, 0) is 19.3 Å². The summed E-state index contributed by atoms with van der Waals surface area (Å²) in [7, 11) is -1.23. The van der Waals surface area contributed by atoms with Crippen LogP contribution in [0.15, 0.2) is 4.99 Å². The van der Waals surface area contributed by atoms with E-state index in [-0.39, 0.29) is 29.7 Å². The van der Waals surface area contributed by atoms with Crippen molar-refractivity contribution in [3.63, 3.8) is 0 Å². The molecule has 20 heavy (non-hydrogen) atoms. The number of hydrogen-bond donors (Lipinski definition) is 2. The van der Waals surface area contributed by atoms with Crippen LogP contribution in [0.3, 0.4) is 0 Å². The van der Waals surface area contributed by atoms with Crippen molar-refractivity contribution >= 4 is 39.8 Å². The van der Waals surface area contributed by atoms with E-state index in [9.17, 15) is 8.42 Å². The third-order valence-electron chi connectivity index (χ3n) is 2.79. The van der Waals surface area contributed by atoms with Gasteiger partial charge in [-0.3, -0.25) is 4.99 Å². The molecule has 0 saturated carbocycles. The minimum Gasteiger partial charge on any atom is -0.355 e. The fourth-order valence-electron chi connectivity index (χ4n) is 1.69. The molecule has 0 spiro atoms. The van der Waals surface area contributed by atoms with E-state index in [1.54, 1.807) is 7.05 Å². The summed E-state index contributed by atoms with van der Waals surface area (Å²) in [4.78, 5) is 4.09. The Morgan fingerprint density at radius 1 is 1.20 bits per heavy atom. The summed E-state index contributed by atoms with van der Waals surface area (Å²) in [6.45, 7) is 6.95. The van der Waals surface area contributed by atoms with Gasteiger partial charge in [-0.1, -0.05) is 26.7 Å². The standard InChI is InChI=1S/C13H29N3O2S.HI/c1-11(2)7-6-8-12(3)16-13(14-4)15-9-10-19(5,17)18;/h11-12H,6-10H2,1-5H3,(H2,14,15,16);1H. The first-order valence-corrected chi connectivity index (χ1v) is 8.95. The lowest BCUT2D eigenvalue weighted by Gasteiger charge is -2.18. The van der Waals surface area contributed by atoms with Gasteiger partial charge in [-0.15, -0.1) is 24.0 Å². The van der Waals surface area contributed by atoms with Crippen molar-refractivity contribution in [3.05, 3.63) is 0 Å². The Hall–Kier alpha value is -0.0500. The molecule has 0 aromatic heterocycles. The van der Waals surface area contributed by atoms with Crippen molar-refractivity contribution in [2.75, 3.05) is 25.6 Å². The van der Waals surface area contributed by atoms with E-state index in [2.05, 4.69) is 36.4 Å². The van der Waals surface area contributed by atoms with Crippen LogP contribution in [0.4, 0.5) is 0 Å². The first-order valence-electron chi connectivity index (χ1n) is 6.89. The van der Waals surface area contributed by atoms with Crippen molar-refractivity contribution in [1.29, 1.82) is 0 Å². The van der Waals surface area contributed by atoms with Crippen LogP contribution < -0.4 is 10.6 Å². The number of rotatable bonds is 8. The average molecular weight is 419 g/mol. The minimum absolute atomic E-state index is 0. The van der Waals surface area contributed by atoms with Crippen molar-refractivity contribution < 1.29 is 8.42 Å². The van der Waals surface area contributed by atoms with Gasteiger partial charge in [0.05, 0.1) is 5.75 Å². The number of sulfone groups is 1. The molecular weight excluding hydrogens is 389 g/mol. The SMILES string of the molecule is CN=C(NCCS(C)(=O)=O)NC(C)CCCC(C)C.I. The molecule has 7 heteroatoms. The highest BCUT2D eigenvalue weighted by Gasteiger charge is 2.07. The Morgan fingerprint density at radius 3 is 2.25 bits per heavy atom. The fourth-order valence-corrected chi connectivity index (χ4v) is 2.16. The second-order valence-corrected chi connectivity index (χ2v) is 7.76. The number of aliphatic imine (C=N–C) groups is 1. The van der Waals surface area contributed by atoms with E-state index in [4.69, 9.17) is 0 Å². The maximum atomic E-state index is 11.0. The smallest absolute Gasteiger partial charge is 0.191 e. The van der Waals surface area contributed by atoms with E-state index in [0.29, 0.717) is 18.5 Å². The molecule has 0 aromatic carbocycles. The maximum absolute atomic E-state index is 11.0. The molecule has 0 amide bonds. The molecule has 5 nitrogen and oxygen atoms in total. The highest BCUT2D eigenvalue weighted by Crippen LogP contribution is 2.07. The summed E-state index contributed by atoms with van der Waals surface area (Å²) in [6.07, 6.45) is 4.74. The van der Waals surface area contributed by atoms with Crippen LogP contribution in [0.2, 0.25) is 0 Å². The average Bonchev–Trinajstić information content (AvgIpc) is 2.25. The molecular formula is C13H30IN3O2S. The number of guanidine groups is 1. The van der Waals surface area contributed by atoms with Crippen LogP contribution in [-0.2, 0) is 9.84 Å². The van der Waals surface area contributed by atoms with Crippen molar-refractivity contribution in [2.45, 2.75) is 46.1 Å². The number of halogens is 1. The predicted octanol–water partition coefficient (Wildman–Crippen LogP) is 2.03. The van der Waals surface area contributed by atoms with Crippen LogP contribution in [0, 0.1) is 5.92 Å². The molecule has 0 bridgehead atoms. The second kappa shape index (κ2) is 11.6. The third-order valence-corrected chi connectivity index (χ3v) is 3.74. The van der Waals surface area contributed by atoms with E-state index in [1.165, 1.54) is 19.1 Å². The molecule has 0 saturated heterocycles. The molecule has 0 aliphatic rings. The van der Waals surface area contributed by atoms with Crippen LogP contribution >= 0.6 is 24.0 Å². The van der Waals surface area contributed by atoms with Gasteiger partial charge in [0.1, 0.15) is 9.84 Å². The highest BCUT2D eigenvalue weighted by atomic mass is 127. The molecule has 0 radical (unpaired) electrons. The molecule has 1 unspecified atom stereocenters. The Morgan fingerprint density at radius 2 is 1.80 bits per heavy atom. The summed E-state index contributed by atoms with van der Waals surface area (Å²) in [5, 5.41) is 6.29. The summed E-state index contributed by atoms with van der Waals surface area (Å²) < 4.78 is 22.1. The van der Waals surface area contributed by atoms with Gasteiger partial charge in [-0.2, -0.15) is 0 Å². The Labute approximate surface area is 141 Å². The molecule has 0 aliphatic carbocycles. The zero-order valence-electron chi connectivity index (χ0n) is 13.3. The van der Waals surface area contributed by atoms with Gasteiger partial charge >= 0.3 is 0 Å². The zero-order valence-corrected chi connectivity index (χ0v) is 16.4. The lowest BCUT2D eigenvalue weighted by Crippen LogP contribution is -2.43. The molecule has 0 rings (SSSR count). The number of nitrogens with zero attached hydrogens (tertiary/aromatic N) is 1. The second-order valence-electron chi connectivity index (χ2n) is 5.50. The van der Waals surface area contributed by atoms with Gasteiger partial charge < -0.3 is 10.6 Å². The fraction of sp³-hybridized carbons (Fsp3) is 0.923. The summed E-state index contributed by atoms with van der Waals surface area (Å²) >= 11 is 0. The van der Waals surface area contributed by atoms with E-state index >= 15 is 0 Å². The van der Waals surface area contributed by atoms with Crippen LogP contribution in [0.5, 0.6) is 0 Å². The summed E-state index contributed by atoms with van der Waals surface area (Å²) in [6, 6.07) is 0.336. The molecule has 0 aliphatic heterocycles.